The van der Waals surface area contributed by atoms with Gasteiger partial charge in [-0.3, -0.25) is 0 Å². The van der Waals surface area contributed by atoms with Crippen LogP contribution in [-0.4, -0.2) is 68.0 Å². The smallest absolute Gasteiger partial charge is 0.446 e. The summed E-state index contributed by atoms with van der Waals surface area (Å²) in [6.45, 7) is 2.49. The largest absolute Gasteiger partial charge is 0.465 e. The van der Waals surface area contributed by atoms with E-state index in [1.807, 2.05) is 0 Å². The van der Waals surface area contributed by atoms with Crippen molar-refractivity contribution in [2.24, 2.45) is 9.98 Å². The van der Waals surface area contributed by atoms with E-state index in [1.165, 1.54) is 11.8 Å². The van der Waals surface area contributed by atoms with Crippen molar-refractivity contribution in [2.75, 3.05) is 33.4 Å². The molecule has 2 aliphatic rings. The lowest BCUT2D eigenvalue weighted by Crippen LogP contribution is -2.55. The van der Waals surface area contributed by atoms with Gasteiger partial charge in [0.15, 0.2) is 5.90 Å². The van der Waals surface area contributed by atoms with E-state index in [0.717, 1.165) is 7.11 Å². The normalized spacial score (nSPS) is 26.6. The molecule has 0 saturated carbocycles. The highest BCUT2D eigenvalue weighted by atomic mass is 19.4. The van der Waals surface area contributed by atoms with Crippen LogP contribution in [0.25, 0.3) is 0 Å². The van der Waals surface area contributed by atoms with Gasteiger partial charge in [-0.2, -0.15) is 18.2 Å². The van der Waals surface area contributed by atoms with Crippen LogP contribution in [0.3, 0.4) is 0 Å². The predicted molar refractivity (Wildman–Crippen MR) is 64.8 cm³/mol. The van der Waals surface area contributed by atoms with Crippen molar-refractivity contribution in [3.8, 4) is 0 Å². The Morgan fingerprint density at radius 1 is 1.33 bits per heavy atom. The van der Waals surface area contributed by atoms with E-state index in [9.17, 15) is 18.0 Å². The molecule has 0 spiro atoms. The summed E-state index contributed by atoms with van der Waals surface area (Å²) in [5.74, 6) is -1.92. The molecule has 10 heteroatoms. The molecule has 1 saturated heterocycles. The number of aliphatic imine (C=N–C) groups is 2. The number of morpholine rings is 1. The van der Waals surface area contributed by atoms with Crippen molar-refractivity contribution in [1.82, 2.24) is 4.90 Å². The summed E-state index contributed by atoms with van der Waals surface area (Å²) in [4.78, 5) is 19.8. The number of carbonyl (C=O) groups excluding carboxylic acids is 1. The van der Waals surface area contributed by atoms with Gasteiger partial charge in [0, 0.05) is 20.0 Å². The molecule has 118 valence electrons. The number of amidine groups is 1. The highest BCUT2D eigenvalue weighted by Gasteiger charge is 2.65. The Balaban J connectivity index is 2.44. The first kappa shape index (κ1) is 15.5. The molecule has 0 N–H and O–H groups in total. The van der Waals surface area contributed by atoms with Crippen molar-refractivity contribution >= 4 is 17.9 Å². The van der Waals surface area contributed by atoms with Gasteiger partial charge in [-0.25, -0.2) is 9.79 Å². The van der Waals surface area contributed by atoms with Crippen LogP contribution < -0.4 is 0 Å². The topological polar surface area (TPSA) is 72.7 Å². The number of hydrogen-bond donors (Lipinski definition) is 0. The summed E-state index contributed by atoms with van der Waals surface area (Å²) in [7, 11) is 0.847. The Labute approximate surface area is 118 Å². The summed E-state index contributed by atoms with van der Waals surface area (Å²) in [5, 5.41) is 0. The fourth-order valence-corrected chi connectivity index (χ4v) is 1.94. The van der Waals surface area contributed by atoms with Gasteiger partial charge in [-0.05, 0) is 0 Å². The fourth-order valence-electron chi connectivity index (χ4n) is 1.94. The summed E-state index contributed by atoms with van der Waals surface area (Å²) in [5.41, 5.74) is -3.32. The molecule has 2 aliphatic heterocycles. The molecule has 0 aliphatic carbocycles. The van der Waals surface area contributed by atoms with E-state index < -0.39 is 17.8 Å². The van der Waals surface area contributed by atoms with E-state index in [-0.39, 0.29) is 11.9 Å². The maximum atomic E-state index is 13.3. The SMILES string of the molecule is COC(=O)[C@]1(C(F)(F)F)N=C(C)OC(N2CCOCC2)=N1. The Morgan fingerprint density at radius 2 is 1.95 bits per heavy atom. The molecule has 0 aromatic heterocycles. The van der Waals surface area contributed by atoms with Crippen LogP contribution in [0.5, 0.6) is 0 Å². The maximum Gasteiger partial charge on any atom is 0.446 e. The molecular formula is C11H14F3N3O4. The first-order valence-electron chi connectivity index (χ1n) is 6.12. The molecule has 0 radical (unpaired) electrons. The molecule has 7 nitrogen and oxygen atoms in total. The van der Waals surface area contributed by atoms with Crippen molar-refractivity contribution < 1.29 is 32.2 Å². The highest BCUT2D eigenvalue weighted by molar-refractivity contribution is 5.97. The van der Waals surface area contributed by atoms with E-state index in [0.29, 0.717) is 26.3 Å². The van der Waals surface area contributed by atoms with Crippen LogP contribution in [0.2, 0.25) is 0 Å². The van der Waals surface area contributed by atoms with E-state index in [1.54, 1.807) is 0 Å². The Bertz CT molecular complexity index is 486. The second-order valence-corrected chi connectivity index (χ2v) is 4.39. The molecule has 0 aromatic carbocycles. The minimum atomic E-state index is -5.04. The Kier molecular flexibility index (Phi) is 4.08. The number of ether oxygens (including phenoxy) is 3. The molecule has 1 fully saturated rings. The zero-order valence-corrected chi connectivity index (χ0v) is 11.4. The van der Waals surface area contributed by atoms with Crippen LogP contribution >= 0.6 is 0 Å². The molecule has 0 unspecified atom stereocenters. The zero-order valence-electron chi connectivity index (χ0n) is 11.4. The van der Waals surface area contributed by atoms with Crippen molar-refractivity contribution in [2.45, 2.75) is 18.8 Å². The lowest BCUT2D eigenvalue weighted by Gasteiger charge is -2.34. The van der Waals surface area contributed by atoms with E-state index in [2.05, 4.69) is 14.7 Å². The summed E-state index contributed by atoms with van der Waals surface area (Å²) >= 11 is 0. The summed E-state index contributed by atoms with van der Waals surface area (Å²) in [6, 6.07) is -0.312. The van der Waals surface area contributed by atoms with Crippen LogP contribution in [-0.2, 0) is 19.0 Å². The minimum absolute atomic E-state index is 0.307. The lowest BCUT2D eigenvalue weighted by molar-refractivity contribution is -0.202. The molecule has 0 amide bonds. The molecule has 21 heavy (non-hydrogen) atoms. The molecule has 2 rings (SSSR count). The van der Waals surface area contributed by atoms with Gasteiger partial charge in [-0.1, -0.05) is 0 Å². The molecule has 0 aromatic rings. The Hall–Kier alpha value is -1.84. The van der Waals surface area contributed by atoms with Gasteiger partial charge in [0.05, 0.1) is 20.3 Å². The minimum Gasteiger partial charge on any atom is -0.465 e. The zero-order chi connectivity index (χ0) is 15.7. The van der Waals surface area contributed by atoms with Crippen molar-refractivity contribution in [3.63, 3.8) is 0 Å². The molecule has 2 heterocycles. The quantitative estimate of drug-likeness (QED) is 0.662. The maximum absolute atomic E-state index is 13.3. The van der Waals surface area contributed by atoms with Gasteiger partial charge >= 0.3 is 17.8 Å². The number of carbonyl (C=O) groups is 1. The van der Waals surface area contributed by atoms with Crippen LogP contribution in [0.15, 0.2) is 9.98 Å². The summed E-state index contributed by atoms with van der Waals surface area (Å²) in [6.07, 6.45) is -5.04. The second kappa shape index (κ2) is 5.51. The predicted octanol–water partition coefficient (Wildman–Crippen LogP) is 0.555. The molecular weight excluding hydrogens is 295 g/mol. The number of nitrogens with zero attached hydrogens (tertiary/aromatic N) is 3. The standard InChI is InChI=1S/C11H14F3N3O4/c1-7-15-10(8(18)19-2,11(12,13)14)16-9(21-7)17-3-5-20-6-4-17/h3-6H2,1-2H3/t10-/m0/s1. The number of rotatable bonds is 1. The van der Waals surface area contributed by atoms with Crippen LogP contribution in [0.1, 0.15) is 6.92 Å². The van der Waals surface area contributed by atoms with Gasteiger partial charge in [0.1, 0.15) is 0 Å². The van der Waals surface area contributed by atoms with E-state index >= 15 is 0 Å². The monoisotopic (exact) mass is 309 g/mol. The van der Waals surface area contributed by atoms with Crippen molar-refractivity contribution in [3.05, 3.63) is 0 Å². The average molecular weight is 309 g/mol. The van der Waals surface area contributed by atoms with Crippen molar-refractivity contribution in [1.29, 1.82) is 0 Å². The number of hydrogen-bond acceptors (Lipinski definition) is 7. The van der Waals surface area contributed by atoms with Gasteiger partial charge in [0.2, 0.25) is 0 Å². The first-order chi connectivity index (χ1) is 9.80. The molecule has 1 atom stereocenters. The third-order valence-corrected chi connectivity index (χ3v) is 2.96. The fraction of sp³-hybridized carbons (Fsp3) is 0.727. The van der Waals surface area contributed by atoms with Crippen LogP contribution in [0.4, 0.5) is 13.2 Å². The second-order valence-electron chi connectivity index (χ2n) is 4.39. The third kappa shape index (κ3) is 2.80. The number of methoxy groups -OCH3 is 1. The van der Waals surface area contributed by atoms with Gasteiger partial charge < -0.3 is 19.1 Å². The third-order valence-electron chi connectivity index (χ3n) is 2.96. The number of halogens is 3. The number of alkyl halides is 3. The van der Waals surface area contributed by atoms with Gasteiger partial charge in [-0.15, -0.1) is 0 Å². The Morgan fingerprint density at radius 3 is 2.48 bits per heavy atom. The molecule has 0 bridgehead atoms. The van der Waals surface area contributed by atoms with Crippen LogP contribution in [0, 0.1) is 0 Å². The van der Waals surface area contributed by atoms with E-state index in [4.69, 9.17) is 9.47 Å². The average Bonchev–Trinajstić information content (AvgIpc) is 2.45. The van der Waals surface area contributed by atoms with Gasteiger partial charge in [0.25, 0.3) is 6.02 Å². The first-order valence-corrected chi connectivity index (χ1v) is 6.12. The highest BCUT2D eigenvalue weighted by Crippen LogP contribution is 2.38. The lowest BCUT2D eigenvalue weighted by atomic mass is 10.1. The summed E-state index contributed by atoms with van der Waals surface area (Å²) < 4.78 is 54.5. The number of esters is 1.